The van der Waals surface area contributed by atoms with E-state index < -0.39 is 0 Å². The topological polar surface area (TPSA) is 78.3 Å². The molecule has 0 bridgehead atoms. The summed E-state index contributed by atoms with van der Waals surface area (Å²) in [5, 5.41) is 11.9. The van der Waals surface area contributed by atoms with Crippen LogP contribution in [0.15, 0.2) is 66.7 Å². The predicted molar refractivity (Wildman–Crippen MR) is 125 cm³/mol. The van der Waals surface area contributed by atoms with Crippen LogP contribution in [0, 0.1) is 0 Å². The normalized spacial score (nSPS) is 10.8. The zero-order valence-corrected chi connectivity index (χ0v) is 18.2. The number of hydrogen-bond donors (Lipinski definition) is 1. The van der Waals surface area contributed by atoms with Gasteiger partial charge in [-0.05, 0) is 73.0 Å². The number of hydrogen-bond acceptors (Lipinski definition) is 5. The predicted octanol–water partition coefficient (Wildman–Crippen LogP) is 4.79. The summed E-state index contributed by atoms with van der Waals surface area (Å²) in [6.07, 6.45) is 3.44. The highest BCUT2D eigenvalue weighted by atomic mass is 16.5. The van der Waals surface area contributed by atoms with Gasteiger partial charge in [-0.25, -0.2) is 0 Å². The van der Waals surface area contributed by atoms with E-state index >= 15 is 0 Å². The average Bonchev–Trinajstić information content (AvgIpc) is 3.25. The molecule has 0 radical (unpaired) electrons. The van der Waals surface area contributed by atoms with Crippen molar-refractivity contribution in [2.75, 3.05) is 19.0 Å². The summed E-state index contributed by atoms with van der Waals surface area (Å²) < 4.78 is 10.6. The zero-order valence-electron chi connectivity index (χ0n) is 18.2. The molecule has 4 rings (SSSR count). The van der Waals surface area contributed by atoms with Crippen LogP contribution in [-0.4, -0.2) is 34.6 Å². The fourth-order valence-electron chi connectivity index (χ4n) is 3.30. The van der Waals surface area contributed by atoms with E-state index in [9.17, 15) is 4.79 Å². The summed E-state index contributed by atoms with van der Waals surface area (Å²) >= 11 is 0. The molecule has 1 heterocycles. The molecule has 0 spiro atoms. The maximum atomic E-state index is 12.3. The minimum atomic E-state index is -0.254. The minimum absolute atomic E-state index is 0.0958. The molecule has 0 saturated heterocycles. The maximum Gasteiger partial charge on any atom is 0.262 e. The van der Waals surface area contributed by atoms with Crippen LogP contribution in [0.25, 0.3) is 16.7 Å². The van der Waals surface area contributed by atoms with Crippen LogP contribution < -0.4 is 14.8 Å². The Kier molecular flexibility index (Phi) is 6.65. The van der Waals surface area contributed by atoms with Crippen LogP contribution in [0.4, 0.5) is 5.69 Å². The van der Waals surface area contributed by atoms with Gasteiger partial charge in [0.25, 0.3) is 5.91 Å². The molecule has 1 N–H and O–H groups in total. The molecule has 0 aliphatic heterocycles. The van der Waals surface area contributed by atoms with E-state index in [0.29, 0.717) is 17.0 Å². The lowest BCUT2D eigenvalue weighted by Crippen LogP contribution is -2.20. The van der Waals surface area contributed by atoms with Gasteiger partial charge in [-0.1, -0.05) is 25.5 Å². The number of benzene rings is 3. The van der Waals surface area contributed by atoms with Gasteiger partial charge in [0.15, 0.2) is 6.61 Å². The van der Waals surface area contributed by atoms with Gasteiger partial charge in [0.1, 0.15) is 22.5 Å². The second kappa shape index (κ2) is 9.96. The minimum Gasteiger partial charge on any atom is -0.497 e. The number of carbonyl (C=O) groups is 1. The smallest absolute Gasteiger partial charge is 0.262 e. The van der Waals surface area contributed by atoms with Crippen molar-refractivity contribution in [3.63, 3.8) is 0 Å². The van der Waals surface area contributed by atoms with Crippen LogP contribution in [0.1, 0.15) is 25.3 Å². The number of fused-ring (bicyclic) bond motifs is 1. The lowest BCUT2D eigenvalue weighted by Gasteiger charge is -2.08. The van der Waals surface area contributed by atoms with Gasteiger partial charge in [-0.3, -0.25) is 4.79 Å². The number of unbranched alkanes of at least 4 members (excludes halogenated alkanes) is 1. The van der Waals surface area contributed by atoms with Crippen LogP contribution >= 0.6 is 0 Å². The van der Waals surface area contributed by atoms with Gasteiger partial charge in [0, 0.05) is 5.69 Å². The van der Waals surface area contributed by atoms with Gasteiger partial charge < -0.3 is 14.8 Å². The molecule has 0 unspecified atom stereocenters. The fourth-order valence-corrected chi connectivity index (χ4v) is 3.30. The molecule has 0 aliphatic rings. The molecule has 7 nitrogen and oxygen atoms in total. The third-order valence-corrected chi connectivity index (χ3v) is 5.08. The van der Waals surface area contributed by atoms with Crippen molar-refractivity contribution < 1.29 is 14.3 Å². The number of amides is 1. The van der Waals surface area contributed by atoms with E-state index in [2.05, 4.69) is 34.6 Å². The van der Waals surface area contributed by atoms with Gasteiger partial charge in [0.2, 0.25) is 0 Å². The Labute approximate surface area is 187 Å². The first-order chi connectivity index (χ1) is 15.6. The number of methoxy groups -OCH3 is 1. The Balaban J connectivity index is 1.39. The molecule has 0 fully saturated rings. The lowest BCUT2D eigenvalue weighted by molar-refractivity contribution is -0.118. The molecule has 164 valence electrons. The van der Waals surface area contributed by atoms with E-state index in [4.69, 9.17) is 9.47 Å². The molecule has 0 saturated carbocycles. The number of carbonyl (C=O) groups excluding carboxylic acids is 1. The largest absolute Gasteiger partial charge is 0.497 e. The molecule has 7 heteroatoms. The molecular weight excluding hydrogens is 404 g/mol. The van der Waals surface area contributed by atoms with E-state index in [1.807, 2.05) is 18.2 Å². The quantitative estimate of drug-likeness (QED) is 0.413. The Hall–Kier alpha value is -3.87. The first-order valence-electron chi connectivity index (χ1n) is 10.7. The Morgan fingerprint density at radius 2 is 1.66 bits per heavy atom. The molecule has 3 aromatic carbocycles. The van der Waals surface area contributed by atoms with Crippen molar-refractivity contribution in [2.45, 2.75) is 26.2 Å². The summed E-state index contributed by atoms with van der Waals surface area (Å²) in [7, 11) is 1.60. The first-order valence-corrected chi connectivity index (χ1v) is 10.7. The number of rotatable bonds is 9. The van der Waals surface area contributed by atoms with Crippen LogP contribution in [0.2, 0.25) is 0 Å². The lowest BCUT2D eigenvalue weighted by atomic mass is 10.1. The number of ether oxygens (including phenoxy) is 2. The van der Waals surface area contributed by atoms with Crippen LogP contribution in [0.5, 0.6) is 11.5 Å². The third-order valence-electron chi connectivity index (χ3n) is 5.08. The highest BCUT2D eigenvalue weighted by molar-refractivity contribution is 5.93. The van der Waals surface area contributed by atoms with Crippen molar-refractivity contribution >= 4 is 22.6 Å². The van der Waals surface area contributed by atoms with Crippen molar-refractivity contribution in [3.05, 3.63) is 72.3 Å². The Morgan fingerprint density at radius 3 is 2.38 bits per heavy atom. The molecule has 1 amide bonds. The third kappa shape index (κ3) is 5.24. The van der Waals surface area contributed by atoms with Crippen molar-refractivity contribution in [2.24, 2.45) is 0 Å². The van der Waals surface area contributed by atoms with Gasteiger partial charge in [-0.2, -0.15) is 4.80 Å². The second-order valence-corrected chi connectivity index (χ2v) is 7.48. The summed E-state index contributed by atoms with van der Waals surface area (Å²) in [4.78, 5) is 13.9. The second-order valence-electron chi connectivity index (χ2n) is 7.48. The van der Waals surface area contributed by atoms with Crippen molar-refractivity contribution in [1.82, 2.24) is 15.0 Å². The Bertz CT molecular complexity index is 1180. The van der Waals surface area contributed by atoms with Crippen molar-refractivity contribution in [1.29, 1.82) is 0 Å². The maximum absolute atomic E-state index is 12.3. The van der Waals surface area contributed by atoms with E-state index in [0.717, 1.165) is 23.4 Å². The summed E-state index contributed by atoms with van der Waals surface area (Å²) in [5.74, 6) is 1.07. The van der Waals surface area contributed by atoms with E-state index in [1.54, 1.807) is 48.3 Å². The number of aryl methyl sites for hydroxylation is 1. The molecule has 1 aromatic heterocycles. The number of nitrogens with one attached hydrogen (secondary N) is 1. The monoisotopic (exact) mass is 430 g/mol. The summed E-state index contributed by atoms with van der Waals surface area (Å²) in [5.41, 5.74) is 4.32. The average molecular weight is 431 g/mol. The van der Waals surface area contributed by atoms with Gasteiger partial charge in [0.05, 0.1) is 12.8 Å². The molecular formula is C25H26N4O3. The summed E-state index contributed by atoms with van der Waals surface area (Å²) in [6, 6.07) is 20.8. The molecule has 32 heavy (non-hydrogen) atoms. The van der Waals surface area contributed by atoms with Gasteiger partial charge in [-0.15, -0.1) is 10.2 Å². The molecule has 4 aromatic rings. The molecule has 0 atom stereocenters. The van der Waals surface area contributed by atoms with Gasteiger partial charge >= 0.3 is 0 Å². The van der Waals surface area contributed by atoms with Crippen LogP contribution in [0.3, 0.4) is 0 Å². The fraction of sp³-hybridized carbons (Fsp3) is 0.240. The highest BCUT2D eigenvalue weighted by Gasteiger charge is 2.09. The Morgan fingerprint density at radius 1 is 0.938 bits per heavy atom. The van der Waals surface area contributed by atoms with Crippen LogP contribution in [-0.2, 0) is 11.2 Å². The highest BCUT2D eigenvalue weighted by Crippen LogP contribution is 2.19. The zero-order chi connectivity index (χ0) is 22.3. The standard InChI is InChI=1S/C25H26N4O3/c1-3-4-5-18-6-9-20(10-7-18)29-27-23-15-8-19(16-24(23)28-29)26-25(30)17-32-22-13-11-21(31-2)12-14-22/h6-16H,3-5,17H2,1-2H3,(H,26,30). The summed E-state index contributed by atoms with van der Waals surface area (Å²) in [6.45, 7) is 2.10. The molecule has 0 aliphatic carbocycles. The van der Waals surface area contributed by atoms with E-state index in [1.165, 1.54) is 18.4 Å². The number of aromatic nitrogens is 3. The first kappa shape index (κ1) is 21.4. The SMILES string of the molecule is CCCCc1ccc(-n2nc3ccc(NC(=O)COc4ccc(OC)cc4)cc3n2)cc1. The van der Waals surface area contributed by atoms with E-state index in [-0.39, 0.29) is 12.5 Å². The number of nitrogens with zero attached hydrogens (tertiary/aromatic N) is 3. The van der Waals surface area contributed by atoms with Crippen molar-refractivity contribution in [3.8, 4) is 17.2 Å². The number of anilines is 1.